The van der Waals surface area contributed by atoms with Crippen LogP contribution in [0.4, 0.5) is 0 Å². The highest BCUT2D eigenvalue weighted by molar-refractivity contribution is 5.79. The summed E-state index contributed by atoms with van der Waals surface area (Å²) in [5.41, 5.74) is 5.12. The van der Waals surface area contributed by atoms with Gasteiger partial charge in [-0.15, -0.1) is 0 Å². The number of hydrogen-bond donors (Lipinski definition) is 1. The predicted octanol–water partition coefficient (Wildman–Crippen LogP) is 1.78. The van der Waals surface area contributed by atoms with Crippen LogP contribution in [0, 0.1) is 5.92 Å². The minimum absolute atomic E-state index is 0.316. The summed E-state index contributed by atoms with van der Waals surface area (Å²) in [6, 6.07) is 0. The van der Waals surface area contributed by atoms with E-state index < -0.39 is 5.54 Å². The number of nitrogens with two attached hydrogens (primary N) is 1. The van der Waals surface area contributed by atoms with Crippen LogP contribution >= 0.6 is 0 Å². The van der Waals surface area contributed by atoms with Crippen LogP contribution < -0.4 is 5.73 Å². The first kappa shape index (κ1) is 15.4. The lowest BCUT2D eigenvalue weighted by Gasteiger charge is -2.26. The fourth-order valence-corrected chi connectivity index (χ4v) is 2.58. The summed E-state index contributed by atoms with van der Waals surface area (Å²) in [5, 5.41) is 0. The van der Waals surface area contributed by atoms with Crippen LogP contribution in [0.25, 0.3) is 0 Å². The molecule has 0 aliphatic carbocycles. The molecule has 2 unspecified atom stereocenters. The van der Waals surface area contributed by atoms with Crippen molar-refractivity contribution >= 4 is 5.97 Å². The predicted molar refractivity (Wildman–Crippen MR) is 73.3 cm³/mol. The number of methoxy groups -OCH3 is 1. The first-order valence-corrected chi connectivity index (χ1v) is 7.09. The zero-order chi connectivity index (χ0) is 13.6. The number of hydrogen-bond acceptors (Lipinski definition) is 4. The largest absolute Gasteiger partial charge is 0.468 e. The van der Waals surface area contributed by atoms with Crippen LogP contribution in [0.2, 0.25) is 0 Å². The van der Waals surface area contributed by atoms with E-state index in [-0.39, 0.29) is 5.97 Å². The second-order valence-electron chi connectivity index (χ2n) is 5.71. The van der Waals surface area contributed by atoms with Crippen LogP contribution in [0.5, 0.6) is 0 Å². The summed E-state index contributed by atoms with van der Waals surface area (Å²) >= 11 is 0. The summed E-state index contributed by atoms with van der Waals surface area (Å²) in [4.78, 5) is 13.9. The van der Waals surface area contributed by atoms with Crippen molar-refractivity contribution in [3.05, 3.63) is 0 Å². The zero-order valence-corrected chi connectivity index (χ0v) is 12.1. The van der Waals surface area contributed by atoms with E-state index in [0.29, 0.717) is 6.42 Å². The summed E-state index contributed by atoms with van der Waals surface area (Å²) in [6.07, 6.45) is 5.82. The average molecular weight is 256 g/mol. The van der Waals surface area contributed by atoms with Gasteiger partial charge in [0.15, 0.2) is 0 Å². The van der Waals surface area contributed by atoms with E-state index in [2.05, 4.69) is 11.8 Å². The zero-order valence-electron chi connectivity index (χ0n) is 12.1. The molecule has 0 bridgehead atoms. The Labute approximate surface area is 111 Å². The van der Waals surface area contributed by atoms with Crippen LogP contribution in [0.1, 0.15) is 46.0 Å². The van der Waals surface area contributed by atoms with Gasteiger partial charge in [0.25, 0.3) is 0 Å². The molecule has 1 aliphatic rings. The van der Waals surface area contributed by atoms with E-state index in [1.165, 1.54) is 32.8 Å². The standard InChI is InChI=1S/C14H28N2O2/c1-4-12-6-5-9-16(10-7-12)11-8-14(2,15)13(17)18-3/h12H,4-11,15H2,1-3H3. The van der Waals surface area contributed by atoms with Gasteiger partial charge in [-0.3, -0.25) is 4.79 Å². The molecule has 0 aromatic heterocycles. The molecule has 1 saturated heterocycles. The number of nitrogens with zero attached hydrogens (tertiary/aromatic N) is 1. The van der Waals surface area contributed by atoms with Crippen molar-refractivity contribution in [2.45, 2.75) is 51.5 Å². The fourth-order valence-electron chi connectivity index (χ4n) is 2.58. The highest BCUT2D eigenvalue weighted by atomic mass is 16.5. The van der Waals surface area contributed by atoms with E-state index in [1.807, 2.05) is 0 Å². The van der Waals surface area contributed by atoms with Gasteiger partial charge in [-0.1, -0.05) is 13.3 Å². The molecule has 4 heteroatoms. The summed E-state index contributed by atoms with van der Waals surface area (Å²) in [5.74, 6) is 0.559. The molecule has 0 aromatic carbocycles. The van der Waals surface area contributed by atoms with E-state index >= 15 is 0 Å². The highest BCUT2D eigenvalue weighted by Gasteiger charge is 2.30. The number of rotatable bonds is 5. The summed E-state index contributed by atoms with van der Waals surface area (Å²) < 4.78 is 4.73. The fraction of sp³-hybridized carbons (Fsp3) is 0.929. The Balaban J connectivity index is 2.37. The smallest absolute Gasteiger partial charge is 0.325 e. The maximum absolute atomic E-state index is 11.5. The Morgan fingerprint density at radius 1 is 1.44 bits per heavy atom. The van der Waals surface area contributed by atoms with Gasteiger partial charge in [0.05, 0.1) is 7.11 Å². The van der Waals surface area contributed by atoms with E-state index in [4.69, 9.17) is 10.5 Å². The molecule has 0 spiro atoms. The third-order valence-electron chi connectivity index (χ3n) is 4.12. The molecular formula is C14H28N2O2. The SMILES string of the molecule is CCC1CCCN(CCC(C)(N)C(=O)OC)CC1. The number of ether oxygens (including phenoxy) is 1. The van der Waals surface area contributed by atoms with Crippen LogP contribution in [0.3, 0.4) is 0 Å². The van der Waals surface area contributed by atoms with Crippen LogP contribution in [-0.4, -0.2) is 43.2 Å². The number of likely N-dealkylation sites (tertiary alicyclic amines) is 1. The Morgan fingerprint density at radius 2 is 2.17 bits per heavy atom. The van der Waals surface area contributed by atoms with Crippen molar-refractivity contribution in [1.29, 1.82) is 0 Å². The molecule has 106 valence electrons. The van der Waals surface area contributed by atoms with Crippen molar-refractivity contribution in [3.8, 4) is 0 Å². The van der Waals surface area contributed by atoms with Crippen molar-refractivity contribution in [2.24, 2.45) is 11.7 Å². The van der Waals surface area contributed by atoms with E-state index in [1.54, 1.807) is 6.92 Å². The van der Waals surface area contributed by atoms with Gasteiger partial charge in [0.1, 0.15) is 5.54 Å². The maximum atomic E-state index is 11.5. The topological polar surface area (TPSA) is 55.6 Å². The van der Waals surface area contributed by atoms with Crippen LogP contribution in [0.15, 0.2) is 0 Å². The number of carbonyl (C=O) groups excluding carboxylic acids is 1. The first-order valence-electron chi connectivity index (χ1n) is 7.09. The van der Waals surface area contributed by atoms with Gasteiger partial charge in [0, 0.05) is 6.54 Å². The lowest BCUT2D eigenvalue weighted by molar-refractivity contribution is -0.146. The molecule has 0 radical (unpaired) electrons. The van der Waals surface area contributed by atoms with E-state index in [9.17, 15) is 4.79 Å². The van der Waals surface area contributed by atoms with Crippen molar-refractivity contribution < 1.29 is 9.53 Å². The Bertz CT molecular complexity index is 267. The van der Waals surface area contributed by atoms with Crippen molar-refractivity contribution in [3.63, 3.8) is 0 Å². The van der Waals surface area contributed by atoms with Gasteiger partial charge in [-0.05, 0) is 51.6 Å². The molecule has 1 rings (SSSR count). The lowest BCUT2D eigenvalue weighted by Crippen LogP contribution is -2.48. The lowest BCUT2D eigenvalue weighted by atomic mass is 9.98. The molecule has 1 fully saturated rings. The Morgan fingerprint density at radius 3 is 2.78 bits per heavy atom. The molecule has 0 amide bonds. The normalized spacial score (nSPS) is 25.2. The molecule has 2 atom stereocenters. The van der Waals surface area contributed by atoms with E-state index in [0.717, 1.165) is 25.6 Å². The molecular weight excluding hydrogens is 228 g/mol. The number of carbonyl (C=O) groups is 1. The first-order chi connectivity index (χ1) is 8.49. The molecule has 4 nitrogen and oxygen atoms in total. The van der Waals surface area contributed by atoms with Gasteiger partial charge >= 0.3 is 5.97 Å². The highest BCUT2D eigenvalue weighted by Crippen LogP contribution is 2.21. The van der Waals surface area contributed by atoms with Crippen LogP contribution in [-0.2, 0) is 9.53 Å². The third kappa shape index (κ3) is 4.58. The van der Waals surface area contributed by atoms with Gasteiger partial charge in [-0.2, -0.15) is 0 Å². The Kier molecular flexibility index (Phi) is 6.09. The maximum Gasteiger partial charge on any atom is 0.325 e. The minimum atomic E-state index is -0.856. The molecule has 18 heavy (non-hydrogen) atoms. The molecule has 0 saturated carbocycles. The quantitative estimate of drug-likeness (QED) is 0.762. The minimum Gasteiger partial charge on any atom is -0.468 e. The van der Waals surface area contributed by atoms with Gasteiger partial charge < -0.3 is 15.4 Å². The Hall–Kier alpha value is -0.610. The van der Waals surface area contributed by atoms with Crippen molar-refractivity contribution in [1.82, 2.24) is 4.90 Å². The molecule has 2 N–H and O–H groups in total. The number of esters is 1. The molecule has 1 heterocycles. The molecule has 0 aromatic rings. The second-order valence-corrected chi connectivity index (χ2v) is 5.71. The monoisotopic (exact) mass is 256 g/mol. The van der Waals surface area contributed by atoms with Crippen molar-refractivity contribution in [2.75, 3.05) is 26.7 Å². The molecule has 1 aliphatic heterocycles. The van der Waals surface area contributed by atoms with Gasteiger partial charge in [-0.25, -0.2) is 0 Å². The second kappa shape index (κ2) is 7.10. The average Bonchev–Trinajstić information content (AvgIpc) is 2.60. The summed E-state index contributed by atoms with van der Waals surface area (Å²) in [7, 11) is 1.39. The summed E-state index contributed by atoms with van der Waals surface area (Å²) in [6.45, 7) is 7.18. The van der Waals surface area contributed by atoms with Gasteiger partial charge in [0.2, 0.25) is 0 Å². The third-order valence-corrected chi connectivity index (χ3v) is 4.12.